The lowest BCUT2D eigenvalue weighted by Crippen LogP contribution is -2.73. The van der Waals surface area contributed by atoms with Gasteiger partial charge in [0, 0.05) is 18.2 Å². The summed E-state index contributed by atoms with van der Waals surface area (Å²) in [7, 11) is 3.13. The summed E-state index contributed by atoms with van der Waals surface area (Å²) in [6.45, 7) is 1.99. The van der Waals surface area contributed by atoms with Crippen molar-refractivity contribution in [2.45, 2.75) is 12.8 Å². The van der Waals surface area contributed by atoms with E-state index in [0.29, 0.717) is 17.0 Å². The fourth-order valence-electron chi connectivity index (χ4n) is 4.50. The molecule has 2 heterocycles. The standard InChI is InChI=1S/C23H19N3O3/c1-12-8-4-5-9-13(12)16-17-19(14-10-6-7-11-15(14)20(17)27)24-21-18(16)22(28)26(3)23(29)25(21)2/h4-11,16,27H,1-3H3/p+1. The summed E-state index contributed by atoms with van der Waals surface area (Å²) in [6, 6.07) is 15.4. The Morgan fingerprint density at radius 1 is 0.931 bits per heavy atom. The summed E-state index contributed by atoms with van der Waals surface area (Å²) in [5.74, 6) is 0.146. The highest BCUT2D eigenvalue weighted by Gasteiger charge is 2.44. The smallest absolute Gasteiger partial charge is 0.417 e. The molecule has 0 radical (unpaired) electrons. The lowest BCUT2D eigenvalue weighted by Gasteiger charge is -2.25. The molecule has 1 atom stereocenters. The molecular weight excluding hydrogens is 366 g/mol. The van der Waals surface area contributed by atoms with Gasteiger partial charge in [0.1, 0.15) is 17.0 Å². The van der Waals surface area contributed by atoms with Crippen LogP contribution in [0.2, 0.25) is 0 Å². The Balaban J connectivity index is 1.98. The van der Waals surface area contributed by atoms with Crippen LogP contribution in [0.1, 0.15) is 33.7 Å². The molecular formula is C23H20N3O3+. The predicted octanol–water partition coefficient (Wildman–Crippen LogP) is 1.02. The molecule has 0 saturated heterocycles. The summed E-state index contributed by atoms with van der Waals surface area (Å²) in [6.07, 6.45) is 0. The van der Waals surface area contributed by atoms with Crippen molar-refractivity contribution in [2.75, 3.05) is 0 Å². The molecule has 1 aromatic heterocycles. The summed E-state index contributed by atoms with van der Waals surface area (Å²) < 4.78 is 2.58. The fourth-order valence-corrected chi connectivity index (χ4v) is 4.50. The van der Waals surface area contributed by atoms with Gasteiger partial charge in [-0.15, -0.1) is 0 Å². The van der Waals surface area contributed by atoms with Gasteiger partial charge < -0.3 is 5.11 Å². The SMILES string of the molecule is Cc1ccccc1C1C2=C(O)c3ccccc3C2=[NH+]c2c1c(=O)n(C)c(=O)n2C. The van der Waals surface area contributed by atoms with Gasteiger partial charge in [0.05, 0.1) is 18.5 Å². The van der Waals surface area contributed by atoms with E-state index in [1.807, 2.05) is 55.5 Å². The van der Waals surface area contributed by atoms with Crippen LogP contribution in [-0.2, 0) is 14.1 Å². The van der Waals surface area contributed by atoms with E-state index in [1.54, 1.807) is 7.05 Å². The molecule has 2 N–H and O–H groups in total. The van der Waals surface area contributed by atoms with Crippen molar-refractivity contribution < 1.29 is 10.1 Å². The Morgan fingerprint density at radius 2 is 1.59 bits per heavy atom. The lowest BCUT2D eigenvalue weighted by molar-refractivity contribution is -0.364. The highest BCUT2D eigenvalue weighted by molar-refractivity contribution is 6.21. The molecule has 5 rings (SSSR count). The van der Waals surface area contributed by atoms with Crippen molar-refractivity contribution in [3.63, 3.8) is 0 Å². The summed E-state index contributed by atoms with van der Waals surface area (Å²) in [4.78, 5) is 29.1. The molecule has 6 nitrogen and oxygen atoms in total. The molecule has 6 heteroatoms. The maximum Gasteiger partial charge on any atom is 0.417 e. The van der Waals surface area contributed by atoms with Gasteiger partial charge in [-0.1, -0.05) is 42.5 Å². The minimum absolute atomic E-state index is 0.165. The van der Waals surface area contributed by atoms with Gasteiger partial charge in [-0.3, -0.25) is 4.79 Å². The van der Waals surface area contributed by atoms with Crippen molar-refractivity contribution in [1.29, 1.82) is 0 Å². The predicted molar refractivity (Wildman–Crippen MR) is 111 cm³/mol. The first kappa shape index (κ1) is 17.4. The van der Waals surface area contributed by atoms with Crippen LogP contribution < -0.4 is 16.2 Å². The normalized spacial score (nSPS) is 16.9. The van der Waals surface area contributed by atoms with Crippen molar-refractivity contribution in [2.24, 2.45) is 14.1 Å². The van der Waals surface area contributed by atoms with Crippen LogP contribution in [0.3, 0.4) is 0 Å². The first-order valence-electron chi connectivity index (χ1n) is 9.44. The van der Waals surface area contributed by atoms with E-state index < -0.39 is 11.6 Å². The molecule has 29 heavy (non-hydrogen) atoms. The third-order valence-corrected chi connectivity index (χ3v) is 6.00. The minimum atomic E-state index is -0.486. The molecule has 3 aromatic rings. The quantitative estimate of drug-likeness (QED) is 0.656. The van der Waals surface area contributed by atoms with Crippen molar-refractivity contribution >= 4 is 17.3 Å². The monoisotopic (exact) mass is 386 g/mol. The molecule has 0 bridgehead atoms. The van der Waals surface area contributed by atoms with Gasteiger partial charge in [0.25, 0.3) is 11.4 Å². The Bertz CT molecular complexity index is 1390. The van der Waals surface area contributed by atoms with Crippen LogP contribution in [0.5, 0.6) is 0 Å². The molecule has 1 aliphatic carbocycles. The molecule has 144 valence electrons. The average Bonchev–Trinajstić information content (AvgIpc) is 3.02. The van der Waals surface area contributed by atoms with Gasteiger partial charge in [0.2, 0.25) is 0 Å². The molecule has 1 aliphatic heterocycles. The number of hydrogen-bond donors (Lipinski definition) is 2. The van der Waals surface area contributed by atoms with Crippen LogP contribution in [0.4, 0.5) is 5.82 Å². The number of rotatable bonds is 1. The van der Waals surface area contributed by atoms with Crippen LogP contribution in [0.25, 0.3) is 5.76 Å². The fraction of sp³-hybridized carbons (Fsp3) is 0.174. The zero-order valence-corrected chi connectivity index (χ0v) is 16.4. The highest BCUT2D eigenvalue weighted by atomic mass is 16.3. The second-order valence-electron chi connectivity index (χ2n) is 7.57. The van der Waals surface area contributed by atoms with Crippen LogP contribution in [0, 0.1) is 6.92 Å². The highest BCUT2D eigenvalue weighted by Crippen LogP contribution is 2.44. The molecule has 0 saturated carbocycles. The third-order valence-electron chi connectivity index (χ3n) is 6.00. The van der Waals surface area contributed by atoms with Crippen molar-refractivity contribution in [1.82, 2.24) is 9.13 Å². The number of hydrogen-bond acceptors (Lipinski definition) is 3. The van der Waals surface area contributed by atoms with E-state index in [-0.39, 0.29) is 11.3 Å². The van der Waals surface area contributed by atoms with Crippen molar-refractivity contribution in [3.05, 3.63) is 103 Å². The molecule has 0 amide bonds. The van der Waals surface area contributed by atoms with Crippen molar-refractivity contribution in [3.8, 4) is 0 Å². The van der Waals surface area contributed by atoms with E-state index in [2.05, 4.69) is 4.99 Å². The van der Waals surface area contributed by atoms with Crippen LogP contribution in [-0.4, -0.2) is 20.0 Å². The summed E-state index contributed by atoms with van der Waals surface area (Å²) in [5, 5.41) is 11.2. The molecule has 0 fully saturated rings. The number of benzene rings is 2. The molecule has 2 aliphatic rings. The zero-order valence-electron chi connectivity index (χ0n) is 16.4. The first-order valence-corrected chi connectivity index (χ1v) is 9.44. The summed E-state index contributed by atoms with van der Waals surface area (Å²) in [5.41, 5.74) is 4.63. The number of fused-ring (bicyclic) bond motifs is 4. The number of aliphatic hydroxyl groups excluding tert-OH is 1. The number of aryl methyl sites for hydroxylation is 1. The maximum atomic E-state index is 13.2. The van der Waals surface area contributed by atoms with E-state index in [9.17, 15) is 14.7 Å². The number of allylic oxidation sites excluding steroid dienone is 1. The summed E-state index contributed by atoms with van der Waals surface area (Å²) >= 11 is 0. The lowest BCUT2D eigenvalue weighted by atomic mass is 9.80. The number of nitrogens with one attached hydrogen (secondary N) is 1. The Labute approximate surface area is 166 Å². The largest absolute Gasteiger partial charge is 0.507 e. The van der Waals surface area contributed by atoms with E-state index >= 15 is 0 Å². The third kappa shape index (κ3) is 2.20. The number of aliphatic hydroxyl groups is 1. The average molecular weight is 386 g/mol. The van der Waals surface area contributed by atoms with Crippen LogP contribution >= 0.6 is 0 Å². The number of nitrogens with zero attached hydrogens (tertiary/aromatic N) is 2. The van der Waals surface area contributed by atoms with Gasteiger partial charge in [-0.05, 0) is 24.1 Å². The Kier molecular flexibility index (Phi) is 3.55. The van der Waals surface area contributed by atoms with Crippen LogP contribution in [0.15, 0.2) is 63.7 Å². The van der Waals surface area contributed by atoms with Gasteiger partial charge in [-0.2, -0.15) is 4.57 Å². The van der Waals surface area contributed by atoms with E-state index in [4.69, 9.17) is 0 Å². The van der Waals surface area contributed by atoms with E-state index in [1.165, 1.54) is 11.6 Å². The number of aromatic nitrogens is 2. The van der Waals surface area contributed by atoms with E-state index in [0.717, 1.165) is 32.5 Å². The van der Waals surface area contributed by atoms with Gasteiger partial charge >= 0.3 is 5.69 Å². The molecule has 2 aromatic carbocycles. The molecule has 0 spiro atoms. The first-order chi connectivity index (χ1) is 13.9. The van der Waals surface area contributed by atoms with Gasteiger partial charge in [-0.25, -0.2) is 14.4 Å². The Hall–Kier alpha value is -3.67. The molecule has 1 unspecified atom stereocenters. The topological polar surface area (TPSA) is 78.2 Å². The second-order valence-corrected chi connectivity index (χ2v) is 7.57. The second kappa shape index (κ2) is 5.91. The van der Waals surface area contributed by atoms with Gasteiger partial charge in [0.15, 0.2) is 0 Å². The maximum absolute atomic E-state index is 13.2. The minimum Gasteiger partial charge on any atom is -0.507 e. The Morgan fingerprint density at radius 3 is 2.31 bits per heavy atom. The zero-order chi connectivity index (χ0) is 20.4.